The Morgan fingerprint density at radius 2 is 1.43 bits per heavy atom. The molecule has 0 heterocycles. The predicted molar refractivity (Wildman–Crippen MR) is 177 cm³/mol. The van der Waals surface area contributed by atoms with E-state index in [1.165, 1.54) is 5.56 Å². The third kappa shape index (κ3) is 11.8. The Balaban J connectivity index is 1.59. The largest absolute Gasteiger partial charge is 0.496 e. The maximum Gasteiger partial charge on any atom is 0.126 e. The highest BCUT2D eigenvalue weighted by Gasteiger charge is 2.08. The van der Waals surface area contributed by atoms with E-state index in [1.807, 2.05) is 86.7 Å². The fourth-order valence-corrected chi connectivity index (χ4v) is 4.57. The second-order valence-corrected chi connectivity index (χ2v) is 10.4. The van der Waals surface area contributed by atoms with E-state index < -0.39 is 0 Å². The molecular formula is C36H45ClN2O3. The number of halogens is 1. The molecule has 0 N–H and O–H groups in total. The van der Waals surface area contributed by atoms with E-state index in [9.17, 15) is 0 Å². The van der Waals surface area contributed by atoms with Crippen LogP contribution >= 0.6 is 11.6 Å². The molecule has 0 bridgehead atoms. The summed E-state index contributed by atoms with van der Waals surface area (Å²) in [5.41, 5.74) is 5.22. The number of rotatable bonds is 18. The molecule has 0 atom stereocenters. The molecule has 3 rings (SSSR count). The molecular weight excluding hydrogens is 544 g/mol. The van der Waals surface area contributed by atoms with Crippen molar-refractivity contribution in [1.29, 1.82) is 0 Å². The van der Waals surface area contributed by atoms with E-state index in [0.29, 0.717) is 19.6 Å². The van der Waals surface area contributed by atoms with Crippen LogP contribution in [0.3, 0.4) is 0 Å². The lowest BCUT2D eigenvalue weighted by Crippen LogP contribution is -2.25. The monoisotopic (exact) mass is 588 g/mol. The molecule has 0 fully saturated rings. The molecule has 0 spiro atoms. The summed E-state index contributed by atoms with van der Waals surface area (Å²) in [4.78, 5) is 7.43. The first kappa shape index (κ1) is 33.0. The highest BCUT2D eigenvalue weighted by atomic mass is 35.5. The van der Waals surface area contributed by atoms with Gasteiger partial charge in [-0.2, -0.15) is 0 Å². The molecule has 0 aliphatic heterocycles. The number of benzene rings is 3. The Morgan fingerprint density at radius 3 is 2.05 bits per heavy atom. The first-order valence-corrected chi connectivity index (χ1v) is 15.3. The van der Waals surface area contributed by atoms with Gasteiger partial charge in [0.05, 0.1) is 30.9 Å². The first-order valence-electron chi connectivity index (χ1n) is 14.9. The average Bonchev–Trinajstić information content (AvgIpc) is 3.02. The molecule has 0 saturated heterocycles. The zero-order chi connectivity index (χ0) is 30.0. The molecule has 0 aliphatic rings. The van der Waals surface area contributed by atoms with Gasteiger partial charge in [-0.1, -0.05) is 61.9 Å². The highest BCUT2D eigenvalue weighted by Crippen LogP contribution is 2.22. The molecule has 0 radical (unpaired) electrons. The quantitative estimate of drug-likeness (QED) is 0.0847. The van der Waals surface area contributed by atoms with E-state index in [4.69, 9.17) is 30.8 Å². The Labute approximate surface area is 257 Å². The Hall–Kier alpha value is -3.54. The summed E-state index contributed by atoms with van der Waals surface area (Å²) in [6.07, 6.45) is 8.14. The van der Waals surface area contributed by atoms with Crippen LogP contribution in [0.2, 0.25) is 5.02 Å². The zero-order valence-electron chi connectivity index (χ0n) is 25.5. The van der Waals surface area contributed by atoms with Crippen molar-refractivity contribution in [2.75, 3.05) is 39.5 Å². The summed E-state index contributed by atoms with van der Waals surface area (Å²) >= 11 is 5.98. The number of hydrogen-bond acceptors (Lipinski definition) is 5. The van der Waals surface area contributed by atoms with Gasteiger partial charge in [-0.05, 0) is 93.0 Å². The van der Waals surface area contributed by atoms with Crippen molar-refractivity contribution in [3.63, 3.8) is 0 Å². The Morgan fingerprint density at radius 1 is 0.810 bits per heavy atom. The maximum absolute atomic E-state index is 5.98. The average molecular weight is 589 g/mol. The highest BCUT2D eigenvalue weighted by molar-refractivity contribution is 6.30. The number of hydrogen-bond donors (Lipinski definition) is 0. The lowest BCUT2D eigenvalue weighted by atomic mass is 10.1. The van der Waals surface area contributed by atoms with Crippen LogP contribution in [0, 0.1) is 0 Å². The summed E-state index contributed by atoms with van der Waals surface area (Å²) in [7, 11) is 0. The topological polar surface area (TPSA) is 43.3 Å². The second-order valence-electron chi connectivity index (χ2n) is 9.93. The van der Waals surface area contributed by atoms with Gasteiger partial charge in [0.25, 0.3) is 0 Å². The van der Waals surface area contributed by atoms with Crippen molar-refractivity contribution < 1.29 is 14.2 Å². The van der Waals surface area contributed by atoms with Crippen LogP contribution in [0.15, 0.2) is 96.2 Å². The minimum atomic E-state index is 0.414. The van der Waals surface area contributed by atoms with E-state index in [2.05, 4.69) is 30.9 Å². The van der Waals surface area contributed by atoms with Crippen LogP contribution in [0.5, 0.6) is 11.5 Å². The number of allylic oxidation sites excluding steroid dienone is 2. The third-order valence-corrected chi connectivity index (χ3v) is 7.12. The van der Waals surface area contributed by atoms with Crippen molar-refractivity contribution in [3.05, 3.63) is 113 Å². The number of ether oxygens (including phenoxy) is 3. The maximum atomic E-state index is 5.98. The van der Waals surface area contributed by atoms with Gasteiger partial charge in [0.15, 0.2) is 0 Å². The summed E-state index contributed by atoms with van der Waals surface area (Å²) < 4.78 is 17.7. The molecule has 42 heavy (non-hydrogen) atoms. The molecule has 5 nitrogen and oxygen atoms in total. The Bertz CT molecular complexity index is 1260. The van der Waals surface area contributed by atoms with Gasteiger partial charge in [0.1, 0.15) is 18.1 Å². The fraction of sp³-hybridized carbons (Fsp3) is 0.361. The van der Waals surface area contributed by atoms with Crippen molar-refractivity contribution >= 4 is 23.0 Å². The van der Waals surface area contributed by atoms with Crippen LogP contribution in [0.25, 0.3) is 5.70 Å². The molecule has 6 heteroatoms. The van der Waals surface area contributed by atoms with Crippen LogP contribution in [-0.2, 0) is 17.6 Å². The SMILES string of the molecule is C/C=C(\N=C(CO/C=C/C)Cc1ccc(OCCCN(CC)CC)cc1)c1ccc(OCCc2ccc(Cl)cc2)cc1. The second kappa shape index (κ2) is 18.8. The van der Waals surface area contributed by atoms with Crippen molar-refractivity contribution in [2.45, 2.75) is 47.0 Å². The summed E-state index contributed by atoms with van der Waals surface area (Å²) in [6, 6.07) is 24.2. The molecule has 3 aromatic carbocycles. The van der Waals surface area contributed by atoms with Crippen LogP contribution < -0.4 is 9.47 Å². The van der Waals surface area contributed by atoms with E-state index in [0.717, 1.165) is 78.1 Å². The molecule has 224 valence electrons. The predicted octanol–water partition coefficient (Wildman–Crippen LogP) is 8.67. The van der Waals surface area contributed by atoms with Gasteiger partial charge in [-0.25, -0.2) is 0 Å². The van der Waals surface area contributed by atoms with Gasteiger partial charge in [-0.3, -0.25) is 4.99 Å². The fourth-order valence-electron chi connectivity index (χ4n) is 4.45. The summed E-state index contributed by atoms with van der Waals surface area (Å²) in [5, 5.41) is 0.745. The van der Waals surface area contributed by atoms with Crippen molar-refractivity contribution in [2.24, 2.45) is 4.99 Å². The zero-order valence-corrected chi connectivity index (χ0v) is 26.3. The standard InChI is InChI=1S/C36H45ClN2O3/c1-5-24-40-28-33(27-30-12-18-34(19-13-30)41-25-9-23-39(7-3)8-4)38-36(6-2)31-14-20-35(21-15-31)42-26-22-29-10-16-32(37)17-11-29/h5-6,10-21,24H,7-9,22-23,25-28H2,1-4H3/b24-5+,36-6-,38-33?. The molecule has 0 aliphatic carbocycles. The van der Waals surface area contributed by atoms with Gasteiger partial charge in [0.2, 0.25) is 0 Å². The molecule has 0 aromatic heterocycles. The van der Waals surface area contributed by atoms with E-state index in [1.54, 1.807) is 6.26 Å². The van der Waals surface area contributed by atoms with Crippen molar-refractivity contribution in [3.8, 4) is 11.5 Å². The minimum absolute atomic E-state index is 0.414. The smallest absolute Gasteiger partial charge is 0.126 e. The molecule has 0 saturated carbocycles. The van der Waals surface area contributed by atoms with Gasteiger partial charge in [-0.15, -0.1) is 0 Å². The molecule has 0 unspecified atom stereocenters. The van der Waals surface area contributed by atoms with Crippen molar-refractivity contribution in [1.82, 2.24) is 4.90 Å². The third-order valence-electron chi connectivity index (χ3n) is 6.87. The Kier molecular flexibility index (Phi) is 14.8. The summed E-state index contributed by atoms with van der Waals surface area (Å²) in [6.45, 7) is 13.3. The summed E-state index contributed by atoms with van der Waals surface area (Å²) in [5.74, 6) is 1.73. The van der Waals surface area contributed by atoms with Gasteiger partial charge >= 0.3 is 0 Å². The van der Waals surface area contributed by atoms with E-state index >= 15 is 0 Å². The molecule has 3 aromatic rings. The molecule has 0 amide bonds. The van der Waals surface area contributed by atoms with Crippen LogP contribution in [0.4, 0.5) is 0 Å². The minimum Gasteiger partial charge on any atom is -0.496 e. The van der Waals surface area contributed by atoms with E-state index in [-0.39, 0.29) is 0 Å². The van der Waals surface area contributed by atoms with Gasteiger partial charge in [0, 0.05) is 30.0 Å². The van der Waals surface area contributed by atoms with Crippen LogP contribution in [-0.4, -0.2) is 50.1 Å². The number of aliphatic imine (C=N–C) groups is 1. The lowest BCUT2D eigenvalue weighted by molar-refractivity contribution is 0.249. The number of nitrogens with zero attached hydrogens (tertiary/aromatic N) is 2. The lowest BCUT2D eigenvalue weighted by Gasteiger charge is -2.17. The van der Waals surface area contributed by atoms with Gasteiger partial charge < -0.3 is 19.1 Å². The van der Waals surface area contributed by atoms with Crippen LogP contribution in [0.1, 0.15) is 50.8 Å². The normalized spacial score (nSPS) is 12.2. The first-order chi connectivity index (χ1) is 20.5.